The Bertz CT molecular complexity index is 772. The molecule has 1 atom stereocenters. The predicted octanol–water partition coefficient (Wildman–Crippen LogP) is 3.15. The number of thiophene rings is 1. The average Bonchev–Trinajstić information content (AvgIpc) is 3.01. The fourth-order valence-electron chi connectivity index (χ4n) is 2.04. The van der Waals surface area contributed by atoms with Crippen LogP contribution in [-0.4, -0.2) is 32.7 Å². The van der Waals surface area contributed by atoms with Crippen LogP contribution in [0.5, 0.6) is 0 Å². The molecule has 1 N–H and O–H groups in total. The summed E-state index contributed by atoms with van der Waals surface area (Å²) in [6, 6.07) is 11.9. The lowest BCUT2D eigenvalue weighted by Crippen LogP contribution is -2.11. The van der Waals surface area contributed by atoms with Crippen molar-refractivity contribution in [2.75, 3.05) is 23.9 Å². The topological polar surface area (TPSA) is 54.9 Å². The quantitative estimate of drug-likeness (QED) is 0.785. The fourth-order valence-corrected chi connectivity index (χ4v) is 3.09. The summed E-state index contributed by atoms with van der Waals surface area (Å²) in [5.74, 6) is 2.13. The number of anilines is 1. The van der Waals surface area contributed by atoms with Crippen molar-refractivity contribution in [1.82, 2.24) is 9.97 Å². The molecule has 4 nitrogen and oxygen atoms in total. The predicted molar refractivity (Wildman–Crippen MR) is 90.3 cm³/mol. The Hall–Kier alpha value is -1.79. The van der Waals surface area contributed by atoms with E-state index in [2.05, 4.69) is 15.3 Å². The third-order valence-electron chi connectivity index (χ3n) is 3.03. The molecule has 2 heterocycles. The maximum absolute atomic E-state index is 11.2. The minimum Gasteiger partial charge on any atom is -0.369 e. The minimum absolute atomic E-state index is 0.604. The van der Waals surface area contributed by atoms with E-state index in [1.54, 1.807) is 17.6 Å². The highest BCUT2D eigenvalue weighted by Gasteiger charge is 2.09. The van der Waals surface area contributed by atoms with Gasteiger partial charge in [0.2, 0.25) is 0 Å². The molecule has 0 saturated carbocycles. The van der Waals surface area contributed by atoms with Gasteiger partial charge in [0.15, 0.2) is 5.82 Å². The van der Waals surface area contributed by atoms with Gasteiger partial charge in [0, 0.05) is 34.7 Å². The third kappa shape index (κ3) is 3.28. The number of hydrogen-bond donors (Lipinski definition) is 1. The Morgan fingerprint density at radius 3 is 2.81 bits per heavy atom. The van der Waals surface area contributed by atoms with Crippen LogP contribution < -0.4 is 5.32 Å². The zero-order chi connectivity index (χ0) is 14.7. The zero-order valence-electron chi connectivity index (χ0n) is 11.6. The number of nitrogens with one attached hydrogen (secondary N) is 1. The first-order chi connectivity index (χ1) is 10.2. The van der Waals surface area contributed by atoms with E-state index in [9.17, 15) is 4.21 Å². The van der Waals surface area contributed by atoms with Gasteiger partial charge in [-0.1, -0.05) is 18.2 Å². The number of rotatable bonds is 5. The first kappa shape index (κ1) is 14.2. The van der Waals surface area contributed by atoms with E-state index >= 15 is 0 Å². The van der Waals surface area contributed by atoms with Crippen LogP contribution in [0, 0.1) is 0 Å². The molecule has 0 aliphatic rings. The summed E-state index contributed by atoms with van der Waals surface area (Å²) < 4.78 is 11.2. The normalized spacial score (nSPS) is 12.4. The minimum atomic E-state index is -0.812. The second-order valence-corrected chi connectivity index (χ2v) is 7.10. The SMILES string of the molecule is CS(=O)CCNc1nc(-c2cccs2)nc2ccccc12. The van der Waals surface area contributed by atoms with Gasteiger partial charge in [0.05, 0.1) is 10.4 Å². The van der Waals surface area contributed by atoms with Crippen LogP contribution in [0.25, 0.3) is 21.6 Å². The highest BCUT2D eigenvalue weighted by atomic mass is 32.2. The largest absolute Gasteiger partial charge is 0.369 e. The highest BCUT2D eigenvalue weighted by molar-refractivity contribution is 7.84. The molecule has 1 aromatic carbocycles. The van der Waals surface area contributed by atoms with Crippen LogP contribution in [0.2, 0.25) is 0 Å². The van der Waals surface area contributed by atoms with E-state index in [1.165, 1.54) is 0 Å². The molecule has 0 saturated heterocycles. The van der Waals surface area contributed by atoms with Gasteiger partial charge < -0.3 is 5.32 Å². The smallest absolute Gasteiger partial charge is 0.172 e. The van der Waals surface area contributed by atoms with Gasteiger partial charge in [-0.3, -0.25) is 4.21 Å². The van der Waals surface area contributed by atoms with Gasteiger partial charge in [-0.2, -0.15) is 0 Å². The lowest BCUT2D eigenvalue weighted by Gasteiger charge is -2.09. The van der Waals surface area contributed by atoms with Crippen molar-refractivity contribution in [3.8, 4) is 10.7 Å². The molecule has 0 aliphatic heterocycles. The third-order valence-corrected chi connectivity index (χ3v) is 4.67. The molecular weight excluding hydrogens is 302 g/mol. The first-order valence-corrected chi connectivity index (χ1v) is 9.19. The first-order valence-electron chi connectivity index (χ1n) is 6.58. The lowest BCUT2D eigenvalue weighted by atomic mass is 10.2. The monoisotopic (exact) mass is 317 g/mol. The standard InChI is InChI=1S/C15H15N3OS2/c1-21(19)10-8-16-14-11-5-2-3-6-12(11)17-15(18-14)13-7-4-9-20-13/h2-7,9H,8,10H2,1H3,(H,16,17,18). The summed E-state index contributed by atoms with van der Waals surface area (Å²) in [5.41, 5.74) is 0.913. The highest BCUT2D eigenvalue weighted by Crippen LogP contribution is 2.27. The lowest BCUT2D eigenvalue weighted by molar-refractivity contribution is 0.687. The Balaban J connectivity index is 2.01. The molecule has 21 heavy (non-hydrogen) atoms. The number of hydrogen-bond acceptors (Lipinski definition) is 5. The van der Waals surface area contributed by atoms with Gasteiger partial charge in [-0.25, -0.2) is 9.97 Å². The zero-order valence-corrected chi connectivity index (χ0v) is 13.2. The van der Waals surface area contributed by atoms with E-state index in [1.807, 2.05) is 41.8 Å². The van der Waals surface area contributed by atoms with Gasteiger partial charge >= 0.3 is 0 Å². The second-order valence-electron chi connectivity index (χ2n) is 4.59. The maximum atomic E-state index is 11.2. The Kier molecular flexibility index (Phi) is 4.26. The van der Waals surface area contributed by atoms with Crippen LogP contribution in [0.15, 0.2) is 41.8 Å². The molecule has 2 aromatic heterocycles. The van der Waals surface area contributed by atoms with Crippen molar-refractivity contribution in [3.63, 3.8) is 0 Å². The molecule has 0 amide bonds. The second kappa shape index (κ2) is 6.32. The molecule has 0 fully saturated rings. The summed E-state index contributed by atoms with van der Waals surface area (Å²) in [6.45, 7) is 0.633. The molecule has 108 valence electrons. The Morgan fingerprint density at radius 1 is 1.19 bits per heavy atom. The Labute approximate surface area is 129 Å². The fraction of sp³-hybridized carbons (Fsp3) is 0.200. The number of benzene rings is 1. The van der Waals surface area contributed by atoms with Crippen LogP contribution in [0.3, 0.4) is 0 Å². The molecule has 0 radical (unpaired) electrons. The molecular formula is C15H15N3OS2. The van der Waals surface area contributed by atoms with Crippen LogP contribution in [0.4, 0.5) is 5.82 Å². The summed E-state index contributed by atoms with van der Waals surface area (Å²) in [5, 5.41) is 6.28. The van der Waals surface area contributed by atoms with Crippen molar-refractivity contribution in [3.05, 3.63) is 41.8 Å². The van der Waals surface area contributed by atoms with Crippen molar-refractivity contribution in [1.29, 1.82) is 0 Å². The molecule has 3 rings (SSSR count). The van der Waals surface area contributed by atoms with E-state index in [0.29, 0.717) is 12.3 Å². The van der Waals surface area contributed by atoms with E-state index in [4.69, 9.17) is 0 Å². The molecule has 3 aromatic rings. The van der Waals surface area contributed by atoms with E-state index < -0.39 is 10.8 Å². The van der Waals surface area contributed by atoms with Crippen LogP contribution in [-0.2, 0) is 10.8 Å². The molecule has 0 spiro atoms. The molecule has 0 aliphatic carbocycles. The van der Waals surface area contributed by atoms with Crippen molar-refractivity contribution >= 4 is 38.9 Å². The summed E-state index contributed by atoms with van der Waals surface area (Å²) >= 11 is 1.62. The molecule has 0 bridgehead atoms. The summed E-state index contributed by atoms with van der Waals surface area (Å²) in [6.07, 6.45) is 1.71. The molecule has 1 unspecified atom stereocenters. The van der Waals surface area contributed by atoms with Gasteiger partial charge in [0.1, 0.15) is 5.82 Å². The number of para-hydroxylation sites is 1. The van der Waals surface area contributed by atoms with E-state index in [0.717, 1.165) is 27.4 Å². The van der Waals surface area contributed by atoms with Crippen LogP contribution >= 0.6 is 11.3 Å². The van der Waals surface area contributed by atoms with Crippen molar-refractivity contribution in [2.45, 2.75) is 0 Å². The number of nitrogens with zero attached hydrogens (tertiary/aromatic N) is 2. The van der Waals surface area contributed by atoms with Gasteiger partial charge in [0.25, 0.3) is 0 Å². The maximum Gasteiger partial charge on any atom is 0.172 e. The molecule has 6 heteroatoms. The van der Waals surface area contributed by atoms with E-state index in [-0.39, 0.29) is 0 Å². The summed E-state index contributed by atoms with van der Waals surface area (Å²) in [7, 11) is -0.812. The van der Waals surface area contributed by atoms with Gasteiger partial charge in [-0.05, 0) is 23.6 Å². The number of aromatic nitrogens is 2. The Morgan fingerprint density at radius 2 is 2.05 bits per heavy atom. The van der Waals surface area contributed by atoms with Gasteiger partial charge in [-0.15, -0.1) is 11.3 Å². The summed E-state index contributed by atoms with van der Waals surface area (Å²) in [4.78, 5) is 10.3. The number of fused-ring (bicyclic) bond motifs is 1. The van der Waals surface area contributed by atoms with Crippen LogP contribution in [0.1, 0.15) is 0 Å². The van der Waals surface area contributed by atoms with Crippen molar-refractivity contribution < 1.29 is 4.21 Å². The van der Waals surface area contributed by atoms with Crippen molar-refractivity contribution in [2.24, 2.45) is 0 Å². The average molecular weight is 317 g/mol.